The predicted octanol–water partition coefficient (Wildman–Crippen LogP) is 2.66. The van der Waals surface area contributed by atoms with Crippen LogP contribution in [0.2, 0.25) is 0 Å². The number of nitro groups is 1. The van der Waals surface area contributed by atoms with Gasteiger partial charge < -0.3 is 19.9 Å². The van der Waals surface area contributed by atoms with Crippen molar-refractivity contribution in [2.45, 2.75) is 31.2 Å². The molecule has 2 aromatic rings. The van der Waals surface area contributed by atoms with Gasteiger partial charge in [-0.25, -0.2) is 9.78 Å². The molecule has 2 fully saturated rings. The van der Waals surface area contributed by atoms with Gasteiger partial charge in [0.1, 0.15) is 12.3 Å². The van der Waals surface area contributed by atoms with E-state index in [4.69, 9.17) is 4.74 Å². The summed E-state index contributed by atoms with van der Waals surface area (Å²) in [5, 5.41) is 16.5. The molecule has 2 amide bonds. The molecule has 3 heterocycles. The molecule has 0 radical (unpaired) electrons. The number of amides is 2. The Morgan fingerprint density at radius 2 is 2.00 bits per heavy atom. The maximum Gasteiger partial charge on any atom is 0.410 e. The normalized spacial score (nSPS) is 17.9. The summed E-state index contributed by atoms with van der Waals surface area (Å²) in [5.74, 6) is -0.288. The second-order valence-corrected chi connectivity index (χ2v) is 10.3. The molecule has 2 aliphatic heterocycles. The van der Waals surface area contributed by atoms with Crippen molar-refractivity contribution in [1.82, 2.24) is 15.2 Å². The molecule has 0 spiro atoms. The lowest BCUT2D eigenvalue weighted by molar-refractivity contribution is -0.384. The summed E-state index contributed by atoms with van der Waals surface area (Å²) in [4.78, 5) is 54.3. The summed E-state index contributed by atoms with van der Waals surface area (Å²) in [5.41, 5.74) is 0.958. The Kier molecular flexibility index (Phi) is 7.32. The highest BCUT2D eigenvalue weighted by atomic mass is 32.2. The van der Waals surface area contributed by atoms with Crippen molar-refractivity contribution in [2.75, 3.05) is 31.1 Å². The van der Waals surface area contributed by atoms with E-state index in [0.29, 0.717) is 30.8 Å². The number of nitrogens with zero attached hydrogens (tertiary/aromatic N) is 4. The van der Waals surface area contributed by atoms with Crippen LogP contribution in [-0.4, -0.2) is 69.4 Å². The molecule has 1 N–H and O–H groups in total. The monoisotopic (exact) mass is 505 g/mol. The number of hydrogen-bond acceptors (Lipinski definition) is 10. The number of rotatable bonds is 7. The Morgan fingerprint density at radius 1 is 1.26 bits per heavy atom. The lowest BCUT2D eigenvalue weighted by atomic mass is 10.2. The molecular weight excluding hydrogens is 482 g/mol. The van der Waals surface area contributed by atoms with E-state index in [1.165, 1.54) is 40.1 Å². The van der Waals surface area contributed by atoms with Gasteiger partial charge in [-0.2, -0.15) is 0 Å². The first-order chi connectivity index (χ1) is 16.3. The molecule has 1 aromatic carbocycles. The highest BCUT2D eigenvalue weighted by Gasteiger charge is 2.32. The van der Waals surface area contributed by atoms with Gasteiger partial charge >= 0.3 is 6.09 Å². The van der Waals surface area contributed by atoms with Crippen LogP contribution in [0, 0.1) is 10.1 Å². The van der Waals surface area contributed by atoms with Crippen LogP contribution in [0.5, 0.6) is 0 Å². The van der Waals surface area contributed by atoms with Gasteiger partial charge in [-0.1, -0.05) is 11.8 Å². The first-order valence-corrected chi connectivity index (χ1v) is 12.4. The number of carbonyl (C=O) groups is 3. The number of thiazole rings is 1. The number of likely N-dealkylation sites (tertiary alicyclic amines) is 1. The molecule has 0 saturated carbocycles. The van der Waals surface area contributed by atoms with Crippen LogP contribution in [-0.2, 0) is 16.1 Å². The summed E-state index contributed by atoms with van der Waals surface area (Å²) in [6.07, 6.45) is 0.104. The zero-order valence-corrected chi connectivity index (χ0v) is 20.0. The first kappa shape index (κ1) is 24.0. The van der Waals surface area contributed by atoms with Gasteiger partial charge in [0, 0.05) is 61.9 Å². The van der Waals surface area contributed by atoms with E-state index in [1.807, 2.05) is 4.90 Å². The second kappa shape index (κ2) is 10.4. The third kappa shape index (κ3) is 5.83. The number of hydrogen-bond donors (Lipinski definition) is 1. The maximum atomic E-state index is 12.6. The molecule has 11 nitrogen and oxygen atoms in total. The maximum absolute atomic E-state index is 12.6. The minimum absolute atomic E-state index is 0.00817. The van der Waals surface area contributed by atoms with Crippen molar-refractivity contribution >= 4 is 51.0 Å². The zero-order valence-electron chi connectivity index (χ0n) is 18.3. The summed E-state index contributed by atoms with van der Waals surface area (Å²) < 4.78 is 5.30. The van der Waals surface area contributed by atoms with Crippen LogP contribution in [0.4, 0.5) is 15.6 Å². The van der Waals surface area contributed by atoms with Crippen LogP contribution in [0.15, 0.2) is 29.6 Å². The van der Waals surface area contributed by atoms with E-state index in [-0.39, 0.29) is 34.6 Å². The Labute approximate surface area is 203 Å². The third-order valence-corrected chi connectivity index (χ3v) is 7.33. The summed E-state index contributed by atoms with van der Waals surface area (Å²) in [6, 6.07) is 5.61. The Hall–Kier alpha value is -3.19. The molecule has 1 atom stereocenters. The summed E-state index contributed by atoms with van der Waals surface area (Å²) in [7, 11) is 0. The molecular formula is C21H23N5O6S2. The van der Waals surface area contributed by atoms with E-state index >= 15 is 0 Å². The zero-order chi connectivity index (χ0) is 24.2. The topological polar surface area (TPSA) is 135 Å². The second-order valence-electron chi connectivity index (χ2n) is 8.03. The van der Waals surface area contributed by atoms with Crippen molar-refractivity contribution in [3.8, 4) is 0 Å². The highest BCUT2D eigenvalue weighted by Crippen LogP contribution is 2.30. The highest BCUT2D eigenvalue weighted by molar-refractivity contribution is 8.14. The minimum Gasteiger partial charge on any atom is -0.445 e. The number of nitro benzene ring substituents is 1. The number of ether oxygens (including phenoxy) is 1. The van der Waals surface area contributed by atoms with Gasteiger partial charge in [-0.3, -0.25) is 19.7 Å². The number of benzene rings is 1. The van der Waals surface area contributed by atoms with Crippen LogP contribution >= 0.6 is 23.1 Å². The number of anilines is 1. The fourth-order valence-corrected chi connectivity index (χ4v) is 5.48. The Balaban J connectivity index is 1.20. The minimum atomic E-state index is -0.498. The first-order valence-electron chi connectivity index (χ1n) is 10.6. The van der Waals surface area contributed by atoms with Crippen LogP contribution < -0.4 is 10.2 Å². The summed E-state index contributed by atoms with van der Waals surface area (Å²) in [6.45, 7) is 3.82. The largest absolute Gasteiger partial charge is 0.445 e. The Bertz CT molecular complexity index is 1090. The van der Waals surface area contributed by atoms with Crippen LogP contribution in [0.25, 0.3) is 0 Å². The van der Waals surface area contributed by atoms with Crippen molar-refractivity contribution in [2.24, 2.45) is 0 Å². The quantitative estimate of drug-likeness (QED) is 0.445. The SMILES string of the molecule is CC(=O)SC1CN(c2nc(C(=O)N[C@H]3CCN(C(=O)OCc4ccc([N+](=O)[O-])cc4)C3)cs2)C1. The average molecular weight is 506 g/mol. The van der Waals surface area contributed by atoms with E-state index < -0.39 is 11.0 Å². The standard InChI is InChI=1S/C21H23N5O6S2/c1-13(27)34-17-9-25(10-17)20-23-18(12-33-20)19(28)22-15-6-7-24(8-15)21(29)32-11-14-2-4-16(5-3-14)26(30)31/h2-5,12,15,17H,6-11H2,1H3,(H,22,28)/t15-/m0/s1. The molecule has 34 heavy (non-hydrogen) atoms. The lowest BCUT2D eigenvalue weighted by Crippen LogP contribution is -2.49. The molecule has 2 aliphatic rings. The molecule has 0 aliphatic carbocycles. The van der Waals surface area contributed by atoms with Crippen molar-refractivity contribution in [3.05, 3.63) is 51.0 Å². The van der Waals surface area contributed by atoms with Gasteiger partial charge in [0.15, 0.2) is 10.2 Å². The van der Waals surface area contributed by atoms with Crippen molar-refractivity contribution < 1.29 is 24.0 Å². The number of carbonyl (C=O) groups excluding carboxylic acids is 3. The van der Waals surface area contributed by atoms with Gasteiger partial charge in [-0.05, 0) is 24.1 Å². The van der Waals surface area contributed by atoms with E-state index in [1.54, 1.807) is 24.4 Å². The molecule has 180 valence electrons. The fraction of sp³-hybridized carbons (Fsp3) is 0.429. The van der Waals surface area contributed by atoms with Gasteiger partial charge in [-0.15, -0.1) is 11.3 Å². The van der Waals surface area contributed by atoms with Gasteiger partial charge in [0.25, 0.3) is 11.6 Å². The van der Waals surface area contributed by atoms with Crippen LogP contribution in [0.3, 0.4) is 0 Å². The van der Waals surface area contributed by atoms with Crippen molar-refractivity contribution in [3.63, 3.8) is 0 Å². The van der Waals surface area contributed by atoms with Gasteiger partial charge in [0.2, 0.25) is 0 Å². The van der Waals surface area contributed by atoms with Gasteiger partial charge in [0.05, 0.1) is 4.92 Å². The predicted molar refractivity (Wildman–Crippen MR) is 127 cm³/mol. The van der Waals surface area contributed by atoms with E-state index in [0.717, 1.165) is 18.2 Å². The fourth-order valence-electron chi connectivity index (χ4n) is 3.67. The van der Waals surface area contributed by atoms with E-state index in [9.17, 15) is 24.5 Å². The molecule has 1 aromatic heterocycles. The van der Waals surface area contributed by atoms with Crippen LogP contribution in [0.1, 0.15) is 29.4 Å². The number of nitrogens with one attached hydrogen (secondary N) is 1. The molecule has 2 saturated heterocycles. The average Bonchev–Trinajstić information content (AvgIpc) is 3.44. The molecule has 13 heteroatoms. The lowest BCUT2D eigenvalue weighted by Gasteiger charge is -2.37. The summed E-state index contributed by atoms with van der Waals surface area (Å²) >= 11 is 2.72. The van der Waals surface area contributed by atoms with Crippen molar-refractivity contribution in [1.29, 1.82) is 0 Å². The van der Waals surface area contributed by atoms with E-state index in [2.05, 4.69) is 10.3 Å². The Morgan fingerprint density at radius 3 is 2.68 bits per heavy atom. The number of thioether (sulfide) groups is 1. The molecule has 4 rings (SSSR count). The number of non-ortho nitro benzene ring substituents is 1. The third-order valence-electron chi connectivity index (χ3n) is 5.47. The molecule has 0 bridgehead atoms. The molecule has 0 unspecified atom stereocenters. The smallest absolute Gasteiger partial charge is 0.410 e. The number of aromatic nitrogens is 1.